The Balaban J connectivity index is 2.06. The molecule has 0 amide bonds. The molecule has 5 nitrogen and oxygen atoms in total. The molecule has 2 saturated carbocycles. The molecule has 0 heterocycles. The Kier molecular flexibility index (Phi) is 6.35. The lowest BCUT2D eigenvalue weighted by Crippen LogP contribution is -2.64. The van der Waals surface area contributed by atoms with Crippen molar-refractivity contribution in [3.8, 4) is 0 Å². The van der Waals surface area contributed by atoms with Gasteiger partial charge in [0, 0.05) is 23.3 Å². The quantitative estimate of drug-likeness (QED) is 0.518. The second kappa shape index (κ2) is 8.22. The lowest BCUT2D eigenvalue weighted by molar-refractivity contribution is -0.201. The molecule has 6 atom stereocenters. The first-order chi connectivity index (χ1) is 14.0. The van der Waals surface area contributed by atoms with Gasteiger partial charge in [0.25, 0.3) is 0 Å². The standard InChI is InChI=1S/C25H38O5/c1-16(2)11-21(29)30-15-25-10-7-20-23(3,4)8-6-9-24(20,5)22(25)19(28)12-17(13-26)18(25)14-27/h12-14,16,18-20,22,28H,6-11,15H2,1-5H3/t18-,19+,20+,22-,24+,25-/m1/s1. The van der Waals surface area contributed by atoms with Crippen LogP contribution in [0.2, 0.25) is 0 Å². The van der Waals surface area contributed by atoms with Crippen LogP contribution >= 0.6 is 0 Å². The van der Waals surface area contributed by atoms with Crippen LogP contribution in [0.25, 0.3) is 0 Å². The van der Waals surface area contributed by atoms with Crippen molar-refractivity contribution in [2.45, 2.75) is 79.2 Å². The van der Waals surface area contributed by atoms with Gasteiger partial charge in [-0.2, -0.15) is 0 Å². The molecule has 3 aliphatic rings. The van der Waals surface area contributed by atoms with E-state index in [4.69, 9.17) is 4.74 Å². The van der Waals surface area contributed by atoms with E-state index in [-0.39, 0.29) is 35.2 Å². The minimum absolute atomic E-state index is 0.0810. The number of carbonyl (C=O) groups is 3. The van der Waals surface area contributed by atoms with Gasteiger partial charge in [0.1, 0.15) is 12.6 Å². The molecule has 0 radical (unpaired) electrons. The summed E-state index contributed by atoms with van der Waals surface area (Å²) in [7, 11) is 0. The van der Waals surface area contributed by atoms with Crippen molar-refractivity contribution in [1.82, 2.24) is 0 Å². The third kappa shape index (κ3) is 3.68. The fraction of sp³-hybridized carbons (Fsp3) is 0.800. The monoisotopic (exact) mass is 418 g/mol. The van der Waals surface area contributed by atoms with Crippen LogP contribution in [0.5, 0.6) is 0 Å². The van der Waals surface area contributed by atoms with Crippen LogP contribution < -0.4 is 0 Å². The number of fused-ring (bicyclic) bond motifs is 3. The molecule has 0 bridgehead atoms. The van der Waals surface area contributed by atoms with E-state index in [1.165, 1.54) is 0 Å². The first-order valence-electron chi connectivity index (χ1n) is 11.5. The second-order valence-corrected chi connectivity index (χ2v) is 11.3. The van der Waals surface area contributed by atoms with Crippen molar-refractivity contribution in [2.24, 2.45) is 39.9 Å². The molecule has 30 heavy (non-hydrogen) atoms. The van der Waals surface area contributed by atoms with Gasteiger partial charge in [-0.3, -0.25) is 9.59 Å². The summed E-state index contributed by atoms with van der Waals surface area (Å²) in [4.78, 5) is 36.5. The predicted molar refractivity (Wildman–Crippen MR) is 115 cm³/mol. The minimum Gasteiger partial charge on any atom is -0.465 e. The average Bonchev–Trinajstić information content (AvgIpc) is 2.64. The zero-order chi connectivity index (χ0) is 22.3. The van der Waals surface area contributed by atoms with Gasteiger partial charge in [-0.05, 0) is 54.4 Å². The molecular weight excluding hydrogens is 380 g/mol. The van der Waals surface area contributed by atoms with E-state index in [9.17, 15) is 19.5 Å². The van der Waals surface area contributed by atoms with Gasteiger partial charge in [0.05, 0.1) is 18.6 Å². The molecule has 0 aromatic heterocycles. The van der Waals surface area contributed by atoms with Gasteiger partial charge >= 0.3 is 5.97 Å². The fourth-order valence-corrected chi connectivity index (χ4v) is 7.48. The van der Waals surface area contributed by atoms with Gasteiger partial charge in [-0.25, -0.2) is 0 Å². The summed E-state index contributed by atoms with van der Waals surface area (Å²) in [6.45, 7) is 10.9. The second-order valence-electron chi connectivity index (χ2n) is 11.3. The maximum Gasteiger partial charge on any atom is 0.306 e. The molecule has 5 heteroatoms. The zero-order valence-corrected chi connectivity index (χ0v) is 19.1. The van der Waals surface area contributed by atoms with Gasteiger partial charge in [0.15, 0.2) is 0 Å². The Hall–Kier alpha value is -1.49. The number of esters is 1. The summed E-state index contributed by atoms with van der Waals surface area (Å²) in [5.41, 5.74) is -0.447. The fourth-order valence-electron chi connectivity index (χ4n) is 7.48. The molecule has 0 aromatic rings. The number of rotatable bonds is 6. The summed E-state index contributed by atoms with van der Waals surface area (Å²) < 4.78 is 5.75. The SMILES string of the molecule is CC(C)CC(=O)OC[C@@]12CC[C@H]3C(C)(C)CCC[C@]3(C)[C@H]1[C@@H](O)C=C(C=O)[C@H]2C=O. The van der Waals surface area contributed by atoms with Crippen molar-refractivity contribution in [2.75, 3.05) is 6.61 Å². The third-order valence-corrected chi connectivity index (χ3v) is 8.54. The highest BCUT2D eigenvalue weighted by Gasteiger charge is 2.65. The lowest BCUT2D eigenvalue weighted by atomic mass is 9.39. The van der Waals surface area contributed by atoms with Crippen molar-refractivity contribution < 1.29 is 24.2 Å². The molecule has 2 fully saturated rings. The first-order valence-corrected chi connectivity index (χ1v) is 11.5. The maximum absolute atomic E-state index is 12.4. The van der Waals surface area contributed by atoms with Crippen LogP contribution in [0.1, 0.15) is 73.1 Å². The Labute approximate surface area is 180 Å². The number of aliphatic hydroxyl groups is 1. The van der Waals surface area contributed by atoms with Crippen molar-refractivity contribution in [3.63, 3.8) is 0 Å². The minimum atomic E-state index is -0.827. The molecule has 0 aromatic carbocycles. The van der Waals surface area contributed by atoms with Crippen LogP contribution in [0.15, 0.2) is 11.6 Å². The Morgan fingerprint density at radius 1 is 1.23 bits per heavy atom. The number of aldehydes is 2. The number of hydrogen-bond acceptors (Lipinski definition) is 5. The summed E-state index contributed by atoms with van der Waals surface area (Å²) in [5.74, 6) is -0.568. The molecule has 1 N–H and O–H groups in total. The number of aliphatic hydroxyl groups excluding tert-OH is 1. The van der Waals surface area contributed by atoms with E-state index in [2.05, 4.69) is 20.8 Å². The molecule has 0 spiro atoms. The highest BCUT2D eigenvalue weighted by Crippen LogP contribution is 2.68. The molecule has 168 valence electrons. The Morgan fingerprint density at radius 3 is 2.53 bits per heavy atom. The summed E-state index contributed by atoms with van der Waals surface area (Å²) in [5, 5.41) is 11.3. The number of ether oxygens (including phenoxy) is 1. The van der Waals surface area contributed by atoms with Gasteiger partial charge in [-0.1, -0.05) is 41.0 Å². The van der Waals surface area contributed by atoms with Crippen LogP contribution in [-0.2, 0) is 19.1 Å². The van der Waals surface area contributed by atoms with E-state index in [1.54, 1.807) is 6.08 Å². The van der Waals surface area contributed by atoms with E-state index in [0.29, 0.717) is 30.6 Å². The molecule has 3 rings (SSSR count). The van der Waals surface area contributed by atoms with E-state index in [1.807, 2.05) is 13.8 Å². The van der Waals surface area contributed by atoms with Gasteiger partial charge in [-0.15, -0.1) is 0 Å². The van der Waals surface area contributed by atoms with Crippen LogP contribution in [0, 0.1) is 39.9 Å². The normalized spacial score (nSPS) is 40.0. The van der Waals surface area contributed by atoms with Crippen LogP contribution in [-0.4, -0.2) is 36.4 Å². The van der Waals surface area contributed by atoms with Gasteiger partial charge < -0.3 is 14.6 Å². The van der Waals surface area contributed by atoms with Crippen molar-refractivity contribution in [1.29, 1.82) is 0 Å². The lowest BCUT2D eigenvalue weighted by Gasteiger charge is -2.65. The highest BCUT2D eigenvalue weighted by atomic mass is 16.5. The molecule has 0 saturated heterocycles. The maximum atomic E-state index is 12.4. The predicted octanol–water partition coefficient (Wildman–Crippen LogP) is 4.12. The molecular formula is C25H38O5. The summed E-state index contributed by atoms with van der Waals surface area (Å²) in [6, 6.07) is 0. The van der Waals surface area contributed by atoms with E-state index >= 15 is 0 Å². The van der Waals surface area contributed by atoms with Crippen LogP contribution in [0.4, 0.5) is 0 Å². The van der Waals surface area contributed by atoms with Crippen molar-refractivity contribution >= 4 is 18.5 Å². The summed E-state index contributed by atoms with van der Waals surface area (Å²) >= 11 is 0. The first kappa shape index (κ1) is 23.2. The van der Waals surface area contributed by atoms with Gasteiger partial charge in [0.2, 0.25) is 0 Å². The molecule has 0 aliphatic heterocycles. The molecule has 0 unspecified atom stereocenters. The number of allylic oxidation sites excluding steroid dienone is 1. The zero-order valence-electron chi connectivity index (χ0n) is 19.1. The topological polar surface area (TPSA) is 80.7 Å². The van der Waals surface area contributed by atoms with Crippen LogP contribution in [0.3, 0.4) is 0 Å². The average molecular weight is 419 g/mol. The van der Waals surface area contributed by atoms with E-state index < -0.39 is 17.4 Å². The Bertz CT molecular complexity index is 723. The smallest absolute Gasteiger partial charge is 0.306 e. The number of carbonyl (C=O) groups excluding carboxylic acids is 3. The highest BCUT2D eigenvalue weighted by molar-refractivity contribution is 5.82. The molecule has 3 aliphatic carbocycles. The van der Waals surface area contributed by atoms with E-state index in [0.717, 1.165) is 32.0 Å². The largest absolute Gasteiger partial charge is 0.465 e. The number of hydrogen-bond donors (Lipinski definition) is 1. The third-order valence-electron chi connectivity index (χ3n) is 8.54. The van der Waals surface area contributed by atoms with Crippen molar-refractivity contribution in [3.05, 3.63) is 11.6 Å². The summed E-state index contributed by atoms with van der Waals surface area (Å²) in [6.07, 6.45) is 7.38. The Morgan fingerprint density at radius 2 is 1.93 bits per heavy atom.